The Bertz CT molecular complexity index is 1580. The van der Waals surface area contributed by atoms with Crippen LogP contribution in [0.3, 0.4) is 0 Å². The predicted molar refractivity (Wildman–Crippen MR) is 140 cm³/mol. The first-order chi connectivity index (χ1) is 18.0. The monoisotopic (exact) mass is 493 g/mol. The Labute approximate surface area is 211 Å². The molecule has 9 heteroatoms. The summed E-state index contributed by atoms with van der Waals surface area (Å²) in [5, 5.41) is 34.0. The number of fused-ring (bicyclic) bond motifs is 1. The SMILES string of the molecule is O=C(O)c1ccc(NC(=O)c2[nH]ncc2CNc2ccccc2C(O)c2ccc3cccnc3c2)cc1. The molecule has 0 aliphatic rings. The van der Waals surface area contributed by atoms with E-state index < -0.39 is 18.0 Å². The van der Waals surface area contributed by atoms with E-state index in [0.29, 0.717) is 22.5 Å². The standard InChI is InChI=1S/C28H23N5O4/c34-26(19-8-7-17-4-3-13-29-24(17)14-19)22-5-1-2-6-23(22)30-15-20-16-31-33-25(20)27(35)32-21-11-9-18(10-12-21)28(36)37/h1-14,16,26,30,34H,15H2,(H,31,33)(H,32,35)(H,36,37). The Morgan fingerprint density at radius 1 is 0.973 bits per heavy atom. The maximum Gasteiger partial charge on any atom is 0.335 e. The van der Waals surface area contributed by atoms with Crippen LogP contribution in [0.1, 0.15) is 43.6 Å². The number of hydrogen-bond acceptors (Lipinski definition) is 6. The fraction of sp³-hybridized carbons (Fsp3) is 0.0714. The van der Waals surface area contributed by atoms with Crippen LogP contribution >= 0.6 is 0 Å². The van der Waals surface area contributed by atoms with Crippen molar-refractivity contribution in [3.63, 3.8) is 0 Å². The number of rotatable bonds is 8. The van der Waals surface area contributed by atoms with Gasteiger partial charge in [0.25, 0.3) is 5.91 Å². The minimum Gasteiger partial charge on any atom is -0.478 e. The molecule has 0 aliphatic carbocycles. The third-order valence-electron chi connectivity index (χ3n) is 6.01. The maximum atomic E-state index is 12.8. The number of pyridine rings is 1. The molecule has 9 nitrogen and oxygen atoms in total. The van der Waals surface area contributed by atoms with Gasteiger partial charge in [-0.25, -0.2) is 4.79 Å². The number of aromatic nitrogens is 3. The summed E-state index contributed by atoms with van der Waals surface area (Å²) in [5.74, 6) is -1.45. The van der Waals surface area contributed by atoms with Crippen molar-refractivity contribution in [2.75, 3.05) is 10.6 Å². The molecule has 5 rings (SSSR count). The molecule has 1 unspecified atom stereocenters. The van der Waals surface area contributed by atoms with Gasteiger partial charge in [0.2, 0.25) is 0 Å². The van der Waals surface area contributed by atoms with Crippen LogP contribution in [0.4, 0.5) is 11.4 Å². The number of anilines is 2. The van der Waals surface area contributed by atoms with Gasteiger partial charge in [-0.1, -0.05) is 36.4 Å². The van der Waals surface area contributed by atoms with Crippen LogP contribution in [0.15, 0.2) is 91.3 Å². The summed E-state index contributed by atoms with van der Waals surface area (Å²) >= 11 is 0. The normalized spacial score (nSPS) is 11.7. The number of nitrogens with one attached hydrogen (secondary N) is 3. The number of nitrogens with zero attached hydrogens (tertiary/aromatic N) is 2. The quantitative estimate of drug-likeness (QED) is 0.213. The van der Waals surface area contributed by atoms with Crippen LogP contribution in [0.5, 0.6) is 0 Å². The zero-order valence-corrected chi connectivity index (χ0v) is 19.6. The molecule has 1 atom stereocenters. The van der Waals surface area contributed by atoms with E-state index in [1.54, 1.807) is 12.4 Å². The van der Waals surface area contributed by atoms with Gasteiger partial charge < -0.3 is 20.8 Å². The summed E-state index contributed by atoms with van der Waals surface area (Å²) in [6.07, 6.45) is 2.40. The number of hydrogen-bond donors (Lipinski definition) is 5. The van der Waals surface area contributed by atoms with E-state index in [-0.39, 0.29) is 17.8 Å². The number of carboxylic acid groups (broad SMARTS) is 1. The van der Waals surface area contributed by atoms with Crippen LogP contribution < -0.4 is 10.6 Å². The molecule has 0 spiro atoms. The largest absolute Gasteiger partial charge is 0.478 e. The number of carbonyl (C=O) groups is 2. The highest BCUT2D eigenvalue weighted by molar-refractivity contribution is 6.04. The molecule has 0 bridgehead atoms. The van der Waals surface area contributed by atoms with Crippen LogP contribution in [-0.4, -0.2) is 37.3 Å². The first-order valence-corrected chi connectivity index (χ1v) is 11.5. The molecule has 0 saturated carbocycles. The van der Waals surface area contributed by atoms with Crippen molar-refractivity contribution >= 4 is 34.2 Å². The Kier molecular flexibility index (Phi) is 6.60. The van der Waals surface area contributed by atoms with Gasteiger partial charge in [-0.3, -0.25) is 14.9 Å². The van der Waals surface area contributed by atoms with E-state index in [1.807, 2.05) is 54.6 Å². The molecule has 5 aromatic rings. The van der Waals surface area contributed by atoms with Gasteiger partial charge in [0.05, 0.1) is 17.3 Å². The van der Waals surface area contributed by atoms with Gasteiger partial charge in [0, 0.05) is 40.6 Å². The van der Waals surface area contributed by atoms with Crippen molar-refractivity contribution in [1.29, 1.82) is 0 Å². The van der Waals surface area contributed by atoms with Crippen molar-refractivity contribution in [1.82, 2.24) is 15.2 Å². The number of benzene rings is 3. The van der Waals surface area contributed by atoms with Crippen LogP contribution in [0.2, 0.25) is 0 Å². The summed E-state index contributed by atoms with van der Waals surface area (Å²) in [5.41, 5.74) is 4.41. The van der Waals surface area contributed by atoms with Crippen LogP contribution in [-0.2, 0) is 6.54 Å². The second-order valence-corrected chi connectivity index (χ2v) is 8.41. The van der Waals surface area contributed by atoms with Crippen LogP contribution in [0, 0.1) is 0 Å². The molecule has 37 heavy (non-hydrogen) atoms. The predicted octanol–water partition coefficient (Wildman–Crippen LogP) is 4.60. The Hall–Kier alpha value is -5.02. The molecule has 5 N–H and O–H groups in total. The summed E-state index contributed by atoms with van der Waals surface area (Å²) in [6.45, 7) is 0.278. The Morgan fingerprint density at radius 2 is 1.78 bits per heavy atom. The maximum absolute atomic E-state index is 12.8. The van der Waals surface area contributed by atoms with Crippen molar-refractivity contribution in [3.05, 3.63) is 119 Å². The lowest BCUT2D eigenvalue weighted by atomic mass is 9.98. The third kappa shape index (κ3) is 5.16. The van der Waals surface area contributed by atoms with E-state index in [2.05, 4.69) is 25.8 Å². The number of aromatic amines is 1. The highest BCUT2D eigenvalue weighted by Crippen LogP contribution is 2.30. The van der Waals surface area contributed by atoms with E-state index in [4.69, 9.17) is 5.11 Å². The molecule has 0 saturated heterocycles. The fourth-order valence-corrected chi connectivity index (χ4v) is 4.05. The zero-order valence-electron chi connectivity index (χ0n) is 19.6. The van der Waals surface area contributed by atoms with Gasteiger partial charge in [-0.05, 0) is 48.0 Å². The van der Waals surface area contributed by atoms with Gasteiger partial charge in [-0.2, -0.15) is 5.10 Å². The van der Waals surface area contributed by atoms with E-state index in [0.717, 1.165) is 16.5 Å². The number of para-hydroxylation sites is 1. The summed E-state index contributed by atoms with van der Waals surface area (Å²) in [4.78, 5) is 28.2. The fourth-order valence-electron chi connectivity index (χ4n) is 4.05. The average molecular weight is 494 g/mol. The van der Waals surface area contributed by atoms with Gasteiger partial charge >= 0.3 is 5.97 Å². The van der Waals surface area contributed by atoms with E-state index >= 15 is 0 Å². The number of H-pyrrole nitrogens is 1. The second kappa shape index (κ2) is 10.3. The molecular formula is C28H23N5O4. The van der Waals surface area contributed by atoms with E-state index in [1.165, 1.54) is 24.3 Å². The lowest BCUT2D eigenvalue weighted by Crippen LogP contribution is -2.16. The van der Waals surface area contributed by atoms with Crippen molar-refractivity contribution in [3.8, 4) is 0 Å². The summed E-state index contributed by atoms with van der Waals surface area (Å²) < 4.78 is 0. The Balaban J connectivity index is 1.31. The van der Waals surface area contributed by atoms with Gasteiger partial charge in [-0.15, -0.1) is 0 Å². The van der Waals surface area contributed by atoms with Crippen LogP contribution in [0.25, 0.3) is 10.9 Å². The number of amides is 1. The highest BCUT2D eigenvalue weighted by atomic mass is 16.4. The van der Waals surface area contributed by atoms with Gasteiger partial charge in [0.1, 0.15) is 11.8 Å². The number of carbonyl (C=O) groups excluding carboxylic acids is 1. The molecule has 0 aliphatic heterocycles. The summed E-state index contributed by atoms with van der Waals surface area (Å²) in [6, 6.07) is 22.8. The molecule has 3 aromatic carbocycles. The molecule has 2 heterocycles. The first kappa shape index (κ1) is 23.7. The first-order valence-electron chi connectivity index (χ1n) is 11.5. The molecule has 1 amide bonds. The smallest absolute Gasteiger partial charge is 0.335 e. The van der Waals surface area contributed by atoms with Gasteiger partial charge in [0.15, 0.2) is 0 Å². The minimum absolute atomic E-state index is 0.130. The second-order valence-electron chi connectivity index (χ2n) is 8.41. The molecule has 184 valence electrons. The van der Waals surface area contributed by atoms with E-state index in [9.17, 15) is 14.7 Å². The number of carboxylic acids is 1. The topological polar surface area (TPSA) is 140 Å². The van der Waals surface area contributed by atoms with Crippen molar-refractivity contribution < 1.29 is 19.8 Å². The lowest BCUT2D eigenvalue weighted by Gasteiger charge is -2.17. The molecule has 2 aromatic heterocycles. The Morgan fingerprint density at radius 3 is 2.59 bits per heavy atom. The van der Waals surface area contributed by atoms with Crippen molar-refractivity contribution in [2.24, 2.45) is 0 Å². The molecule has 0 radical (unpaired) electrons. The highest BCUT2D eigenvalue weighted by Gasteiger charge is 2.18. The average Bonchev–Trinajstić information content (AvgIpc) is 3.40. The molecule has 0 fully saturated rings. The zero-order chi connectivity index (χ0) is 25.8. The summed E-state index contributed by atoms with van der Waals surface area (Å²) in [7, 11) is 0. The number of aliphatic hydroxyl groups is 1. The number of aromatic carboxylic acids is 1. The minimum atomic E-state index is -1.04. The third-order valence-corrected chi connectivity index (χ3v) is 6.01. The van der Waals surface area contributed by atoms with Crippen molar-refractivity contribution in [2.45, 2.75) is 12.6 Å². The number of aliphatic hydroxyl groups excluding tert-OH is 1. The molecular weight excluding hydrogens is 470 g/mol. The lowest BCUT2D eigenvalue weighted by molar-refractivity contribution is 0.0696.